The quantitative estimate of drug-likeness (QED) is 0.720. The zero-order valence-electron chi connectivity index (χ0n) is 11.1. The first-order chi connectivity index (χ1) is 8.81. The molecule has 0 spiro atoms. The van der Waals surface area contributed by atoms with Crippen molar-refractivity contribution in [3.05, 3.63) is 0 Å². The summed E-state index contributed by atoms with van der Waals surface area (Å²) >= 11 is 5.83. The Balaban J connectivity index is 1.56. The van der Waals surface area contributed by atoms with E-state index in [4.69, 9.17) is 11.6 Å². The molecule has 0 aromatic carbocycles. The molecule has 18 heavy (non-hydrogen) atoms. The summed E-state index contributed by atoms with van der Waals surface area (Å²) in [5.41, 5.74) is 0. The van der Waals surface area contributed by atoms with Gasteiger partial charge in [0.25, 0.3) is 0 Å². The van der Waals surface area contributed by atoms with Gasteiger partial charge < -0.3 is 4.90 Å². The van der Waals surface area contributed by atoms with Gasteiger partial charge in [0.2, 0.25) is 5.91 Å². The van der Waals surface area contributed by atoms with E-state index in [-0.39, 0.29) is 0 Å². The number of carbonyl (C=O) groups is 1. The number of fused-ring (bicyclic) bond motifs is 1. The second-order valence-corrected chi connectivity index (χ2v) is 6.79. The lowest BCUT2D eigenvalue weighted by atomic mass is 9.95. The molecular formula is C15H24ClNO. The van der Waals surface area contributed by atoms with Crippen molar-refractivity contribution in [2.75, 3.05) is 19.0 Å². The summed E-state index contributed by atoms with van der Waals surface area (Å²) in [5, 5.41) is 0. The number of alkyl halides is 1. The molecule has 3 rings (SSSR count). The Kier molecular flexibility index (Phi) is 3.83. The molecule has 1 aliphatic heterocycles. The van der Waals surface area contributed by atoms with Crippen LogP contribution in [0.1, 0.15) is 44.9 Å². The van der Waals surface area contributed by atoms with Crippen LogP contribution in [0, 0.1) is 23.7 Å². The number of likely N-dealkylation sites (tertiary alicyclic amines) is 1. The minimum Gasteiger partial charge on any atom is -0.342 e. The number of amides is 1. The first kappa shape index (κ1) is 12.8. The largest absolute Gasteiger partial charge is 0.342 e. The molecule has 2 nitrogen and oxygen atoms in total. The molecule has 1 saturated heterocycles. The van der Waals surface area contributed by atoms with E-state index < -0.39 is 0 Å². The highest BCUT2D eigenvalue weighted by Gasteiger charge is 2.55. The van der Waals surface area contributed by atoms with Gasteiger partial charge in [-0.05, 0) is 49.9 Å². The molecule has 0 aromatic rings. The Morgan fingerprint density at radius 1 is 1.11 bits per heavy atom. The third-order valence-electron chi connectivity index (χ3n) is 5.29. The summed E-state index contributed by atoms with van der Waals surface area (Å²) in [6, 6.07) is 0. The number of piperidine rings is 1. The lowest BCUT2D eigenvalue weighted by Crippen LogP contribution is -2.41. The lowest BCUT2D eigenvalue weighted by Gasteiger charge is -2.33. The zero-order valence-corrected chi connectivity index (χ0v) is 11.9. The van der Waals surface area contributed by atoms with Gasteiger partial charge in [-0.25, -0.2) is 0 Å². The summed E-state index contributed by atoms with van der Waals surface area (Å²) in [5.74, 6) is 3.77. The van der Waals surface area contributed by atoms with Gasteiger partial charge in [-0.3, -0.25) is 4.79 Å². The fourth-order valence-electron chi connectivity index (χ4n) is 4.22. The van der Waals surface area contributed by atoms with Gasteiger partial charge in [-0.1, -0.05) is 12.8 Å². The van der Waals surface area contributed by atoms with Crippen LogP contribution in [0.15, 0.2) is 0 Å². The summed E-state index contributed by atoms with van der Waals surface area (Å²) < 4.78 is 0. The summed E-state index contributed by atoms with van der Waals surface area (Å²) in [7, 11) is 0. The van der Waals surface area contributed by atoms with Crippen LogP contribution >= 0.6 is 11.6 Å². The highest BCUT2D eigenvalue weighted by atomic mass is 35.5. The second-order valence-electron chi connectivity index (χ2n) is 6.41. The first-order valence-corrected chi connectivity index (χ1v) is 8.19. The molecule has 3 atom stereocenters. The van der Waals surface area contributed by atoms with E-state index in [2.05, 4.69) is 4.90 Å². The predicted molar refractivity (Wildman–Crippen MR) is 73.6 cm³/mol. The van der Waals surface area contributed by atoms with Crippen LogP contribution in [-0.2, 0) is 4.79 Å². The van der Waals surface area contributed by atoms with E-state index in [9.17, 15) is 4.79 Å². The number of hydrogen-bond acceptors (Lipinski definition) is 1. The molecule has 3 fully saturated rings. The van der Waals surface area contributed by atoms with Crippen LogP contribution in [0.2, 0.25) is 0 Å². The maximum Gasteiger partial charge on any atom is 0.226 e. The Bertz CT molecular complexity index is 306. The number of nitrogens with zero attached hydrogens (tertiary/aromatic N) is 1. The monoisotopic (exact) mass is 269 g/mol. The van der Waals surface area contributed by atoms with E-state index in [1.165, 1.54) is 38.5 Å². The standard InChI is InChI=1S/C15H24ClNO/c16-8-7-11-4-3-9-17(10-11)15(18)14-12-5-1-2-6-13(12)14/h11-14H,1-10H2. The molecule has 0 N–H and O–H groups in total. The molecule has 3 heteroatoms. The van der Waals surface area contributed by atoms with E-state index >= 15 is 0 Å². The number of carbonyl (C=O) groups excluding carboxylic acids is 1. The van der Waals surface area contributed by atoms with Gasteiger partial charge in [-0.2, -0.15) is 0 Å². The van der Waals surface area contributed by atoms with Crippen molar-refractivity contribution >= 4 is 17.5 Å². The van der Waals surface area contributed by atoms with Gasteiger partial charge in [0.15, 0.2) is 0 Å². The molecule has 1 heterocycles. The van der Waals surface area contributed by atoms with Crippen molar-refractivity contribution in [1.82, 2.24) is 4.90 Å². The second kappa shape index (κ2) is 5.40. The zero-order chi connectivity index (χ0) is 12.5. The molecule has 2 saturated carbocycles. The van der Waals surface area contributed by atoms with Crippen LogP contribution < -0.4 is 0 Å². The normalized spacial score (nSPS) is 39.3. The molecule has 2 aliphatic carbocycles. The molecular weight excluding hydrogens is 246 g/mol. The van der Waals surface area contributed by atoms with Crippen molar-refractivity contribution in [2.24, 2.45) is 23.7 Å². The number of rotatable bonds is 3. The smallest absolute Gasteiger partial charge is 0.226 e. The van der Waals surface area contributed by atoms with Crippen molar-refractivity contribution in [2.45, 2.75) is 44.9 Å². The number of hydrogen-bond donors (Lipinski definition) is 0. The highest BCUT2D eigenvalue weighted by molar-refractivity contribution is 6.17. The van der Waals surface area contributed by atoms with Gasteiger partial charge in [0.05, 0.1) is 0 Å². The minimum absolute atomic E-state index is 0.405. The maximum absolute atomic E-state index is 12.6. The molecule has 0 aromatic heterocycles. The molecule has 0 radical (unpaired) electrons. The molecule has 0 bridgehead atoms. The predicted octanol–water partition coefficient (Wildman–Crippen LogP) is 3.29. The lowest BCUT2D eigenvalue weighted by molar-refractivity contribution is -0.135. The Hall–Kier alpha value is -0.240. The van der Waals surface area contributed by atoms with Gasteiger partial charge in [0, 0.05) is 24.9 Å². The fraction of sp³-hybridized carbons (Fsp3) is 0.933. The molecule has 1 amide bonds. The molecule has 3 unspecified atom stereocenters. The van der Waals surface area contributed by atoms with E-state index in [1.807, 2.05) is 0 Å². The summed E-state index contributed by atoms with van der Waals surface area (Å²) in [4.78, 5) is 14.7. The highest BCUT2D eigenvalue weighted by Crippen LogP contribution is 2.56. The van der Waals surface area contributed by atoms with Crippen molar-refractivity contribution in [1.29, 1.82) is 0 Å². The molecule has 102 valence electrons. The van der Waals surface area contributed by atoms with Crippen LogP contribution in [-0.4, -0.2) is 29.8 Å². The third kappa shape index (κ3) is 2.41. The third-order valence-corrected chi connectivity index (χ3v) is 5.51. The number of halogens is 1. The van der Waals surface area contributed by atoms with Gasteiger partial charge in [0.1, 0.15) is 0 Å². The van der Waals surface area contributed by atoms with Crippen molar-refractivity contribution < 1.29 is 4.79 Å². The van der Waals surface area contributed by atoms with Crippen molar-refractivity contribution in [3.63, 3.8) is 0 Å². The van der Waals surface area contributed by atoms with E-state index in [1.54, 1.807) is 0 Å². The average molecular weight is 270 g/mol. The van der Waals surface area contributed by atoms with Crippen LogP contribution in [0.4, 0.5) is 0 Å². The Labute approximate surface area is 115 Å². The van der Waals surface area contributed by atoms with E-state index in [0.717, 1.165) is 37.2 Å². The van der Waals surface area contributed by atoms with Gasteiger partial charge in [-0.15, -0.1) is 11.6 Å². The topological polar surface area (TPSA) is 20.3 Å². The van der Waals surface area contributed by atoms with Gasteiger partial charge >= 0.3 is 0 Å². The minimum atomic E-state index is 0.405. The molecule has 3 aliphatic rings. The van der Waals surface area contributed by atoms with Crippen molar-refractivity contribution in [3.8, 4) is 0 Å². The van der Waals surface area contributed by atoms with E-state index in [0.29, 0.717) is 17.7 Å². The SMILES string of the molecule is O=C(C1C2CCCCC21)N1CCCC(CCCl)C1. The maximum atomic E-state index is 12.6. The summed E-state index contributed by atoms with van der Waals surface area (Å²) in [6.45, 7) is 1.97. The first-order valence-electron chi connectivity index (χ1n) is 7.66. The van der Waals surface area contributed by atoms with Crippen LogP contribution in [0.5, 0.6) is 0 Å². The summed E-state index contributed by atoms with van der Waals surface area (Å²) in [6.07, 6.45) is 8.81. The Morgan fingerprint density at radius 2 is 1.83 bits per heavy atom. The fourth-order valence-corrected chi connectivity index (χ4v) is 4.53. The Morgan fingerprint density at radius 3 is 2.50 bits per heavy atom. The van der Waals surface area contributed by atoms with Crippen LogP contribution in [0.3, 0.4) is 0 Å². The van der Waals surface area contributed by atoms with Crippen LogP contribution in [0.25, 0.3) is 0 Å². The average Bonchev–Trinajstić information content (AvgIpc) is 3.13.